The number of pyridine rings is 1. The first-order chi connectivity index (χ1) is 7.59. The van der Waals surface area contributed by atoms with Crippen molar-refractivity contribution in [3.63, 3.8) is 0 Å². The number of hydrogen-bond donors (Lipinski definition) is 2. The molecule has 86 valence electrons. The van der Waals surface area contributed by atoms with Crippen molar-refractivity contribution in [1.29, 1.82) is 0 Å². The fourth-order valence-electron chi connectivity index (χ4n) is 1.06. The van der Waals surface area contributed by atoms with Crippen LogP contribution >= 0.6 is 0 Å². The van der Waals surface area contributed by atoms with E-state index in [-0.39, 0.29) is 11.6 Å². The summed E-state index contributed by atoms with van der Waals surface area (Å²) in [4.78, 5) is 24.4. The summed E-state index contributed by atoms with van der Waals surface area (Å²) in [7, 11) is 0. The van der Waals surface area contributed by atoms with Crippen LogP contribution < -0.4 is 10.6 Å². The number of amides is 1. The molecule has 0 saturated carbocycles. The highest BCUT2D eigenvalue weighted by molar-refractivity contribution is 5.72. The van der Waals surface area contributed by atoms with Crippen molar-refractivity contribution in [2.45, 2.75) is 6.92 Å². The van der Waals surface area contributed by atoms with Crippen molar-refractivity contribution in [1.82, 2.24) is 10.3 Å². The van der Waals surface area contributed by atoms with Crippen LogP contribution in [0.15, 0.2) is 18.3 Å². The number of nitrogens with zero attached hydrogens (tertiary/aromatic N) is 2. The molecule has 0 bridgehead atoms. The van der Waals surface area contributed by atoms with Gasteiger partial charge < -0.3 is 10.6 Å². The zero-order chi connectivity index (χ0) is 12.0. The highest BCUT2D eigenvalue weighted by Crippen LogP contribution is 2.13. The Morgan fingerprint density at radius 1 is 1.56 bits per heavy atom. The van der Waals surface area contributed by atoms with E-state index < -0.39 is 4.92 Å². The molecule has 0 atom stereocenters. The van der Waals surface area contributed by atoms with Gasteiger partial charge in [-0.15, -0.1) is 0 Å². The topological polar surface area (TPSA) is 97.2 Å². The summed E-state index contributed by atoms with van der Waals surface area (Å²) in [6, 6.07) is 2.66. The average Bonchev–Trinajstić information content (AvgIpc) is 2.24. The van der Waals surface area contributed by atoms with Gasteiger partial charge >= 0.3 is 0 Å². The average molecular weight is 224 g/mol. The predicted octanol–water partition coefficient (Wildman–Crippen LogP) is 0.538. The van der Waals surface area contributed by atoms with Gasteiger partial charge in [0, 0.05) is 32.3 Å². The Labute approximate surface area is 92.0 Å². The van der Waals surface area contributed by atoms with E-state index in [9.17, 15) is 14.9 Å². The zero-order valence-electron chi connectivity index (χ0n) is 8.77. The van der Waals surface area contributed by atoms with Gasteiger partial charge in [-0.25, -0.2) is 4.98 Å². The van der Waals surface area contributed by atoms with Crippen molar-refractivity contribution in [3.05, 3.63) is 28.4 Å². The normalized spacial score (nSPS) is 9.56. The van der Waals surface area contributed by atoms with Crippen LogP contribution in [0.2, 0.25) is 0 Å². The molecule has 0 spiro atoms. The highest BCUT2D eigenvalue weighted by Gasteiger charge is 2.05. The second-order valence-electron chi connectivity index (χ2n) is 3.07. The number of nitro groups is 1. The minimum Gasteiger partial charge on any atom is -0.368 e. The standard InChI is InChI=1S/C9H12N4O3/c1-7(14)10-4-5-12-9-6-8(13(15)16)2-3-11-9/h2-3,6H,4-5H2,1H3,(H,10,14)(H,11,12). The lowest BCUT2D eigenvalue weighted by Crippen LogP contribution is -2.26. The summed E-state index contributed by atoms with van der Waals surface area (Å²) < 4.78 is 0. The monoisotopic (exact) mass is 224 g/mol. The molecular weight excluding hydrogens is 212 g/mol. The lowest BCUT2D eigenvalue weighted by molar-refractivity contribution is -0.384. The quantitative estimate of drug-likeness (QED) is 0.432. The third-order valence-electron chi connectivity index (χ3n) is 1.76. The molecular formula is C9H12N4O3. The molecule has 7 nitrogen and oxygen atoms in total. The third kappa shape index (κ3) is 3.91. The Morgan fingerprint density at radius 2 is 2.31 bits per heavy atom. The van der Waals surface area contributed by atoms with Gasteiger partial charge in [-0.05, 0) is 0 Å². The predicted molar refractivity (Wildman–Crippen MR) is 58.1 cm³/mol. The third-order valence-corrected chi connectivity index (χ3v) is 1.76. The Morgan fingerprint density at radius 3 is 2.94 bits per heavy atom. The van der Waals surface area contributed by atoms with E-state index >= 15 is 0 Å². The molecule has 1 aromatic rings. The maximum Gasteiger partial charge on any atom is 0.274 e. The second-order valence-corrected chi connectivity index (χ2v) is 3.07. The molecule has 0 saturated heterocycles. The zero-order valence-corrected chi connectivity index (χ0v) is 8.77. The van der Waals surface area contributed by atoms with Gasteiger partial charge in [0.2, 0.25) is 5.91 Å². The van der Waals surface area contributed by atoms with Gasteiger partial charge in [0.05, 0.1) is 11.0 Å². The molecule has 0 unspecified atom stereocenters. The summed E-state index contributed by atoms with van der Waals surface area (Å²) in [6.45, 7) is 2.33. The van der Waals surface area contributed by atoms with Crippen LogP contribution in [-0.2, 0) is 4.79 Å². The summed E-state index contributed by atoms with van der Waals surface area (Å²) >= 11 is 0. The molecule has 0 aliphatic carbocycles. The molecule has 16 heavy (non-hydrogen) atoms. The van der Waals surface area contributed by atoms with Gasteiger partial charge in [0.1, 0.15) is 5.82 Å². The minimum absolute atomic E-state index is 0.0166. The Kier molecular flexibility index (Phi) is 4.19. The fourth-order valence-corrected chi connectivity index (χ4v) is 1.06. The van der Waals surface area contributed by atoms with Crippen molar-refractivity contribution >= 4 is 17.4 Å². The number of carbonyl (C=O) groups excluding carboxylic acids is 1. The molecule has 1 amide bonds. The minimum atomic E-state index is -0.485. The Hall–Kier alpha value is -2.18. The van der Waals surface area contributed by atoms with Gasteiger partial charge in [0.15, 0.2) is 0 Å². The number of aromatic nitrogens is 1. The van der Waals surface area contributed by atoms with Gasteiger partial charge in [0.25, 0.3) is 5.69 Å². The van der Waals surface area contributed by atoms with E-state index in [4.69, 9.17) is 0 Å². The highest BCUT2D eigenvalue weighted by atomic mass is 16.6. The molecule has 0 radical (unpaired) electrons. The van der Waals surface area contributed by atoms with Crippen molar-refractivity contribution in [2.24, 2.45) is 0 Å². The SMILES string of the molecule is CC(=O)NCCNc1cc([N+](=O)[O-])ccn1. The van der Waals surface area contributed by atoms with E-state index in [1.54, 1.807) is 0 Å². The summed E-state index contributed by atoms with van der Waals surface area (Å²) in [6.07, 6.45) is 1.36. The van der Waals surface area contributed by atoms with Crippen LogP contribution in [-0.4, -0.2) is 28.9 Å². The number of nitrogens with one attached hydrogen (secondary N) is 2. The van der Waals surface area contributed by atoms with Crippen LogP contribution in [0.25, 0.3) is 0 Å². The van der Waals surface area contributed by atoms with Crippen molar-refractivity contribution < 1.29 is 9.72 Å². The largest absolute Gasteiger partial charge is 0.368 e. The molecule has 1 heterocycles. The first-order valence-corrected chi connectivity index (χ1v) is 4.68. The smallest absolute Gasteiger partial charge is 0.274 e. The number of hydrogen-bond acceptors (Lipinski definition) is 5. The maximum atomic E-state index is 10.6. The van der Waals surface area contributed by atoms with E-state index in [1.165, 1.54) is 25.3 Å². The molecule has 0 aliphatic rings. The fraction of sp³-hybridized carbons (Fsp3) is 0.333. The Bertz CT molecular complexity index is 394. The van der Waals surface area contributed by atoms with Crippen LogP contribution in [0, 0.1) is 10.1 Å². The van der Waals surface area contributed by atoms with E-state index in [2.05, 4.69) is 15.6 Å². The molecule has 2 N–H and O–H groups in total. The summed E-state index contributed by atoms with van der Waals surface area (Å²) in [5.74, 6) is 0.299. The molecule has 7 heteroatoms. The number of carbonyl (C=O) groups is 1. The lowest BCUT2D eigenvalue weighted by atomic mass is 10.4. The first-order valence-electron chi connectivity index (χ1n) is 4.68. The molecule has 1 rings (SSSR count). The molecule has 1 aromatic heterocycles. The van der Waals surface area contributed by atoms with Crippen molar-refractivity contribution in [3.8, 4) is 0 Å². The van der Waals surface area contributed by atoms with Crippen LogP contribution in [0.5, 0.6) is 0 Å². The summed E-state index contributed by atoms with van der Waals surface area (Å²) in [5, 5.41) is 15.9. The van der Waals surface area contributed by atoms with Crippen LogP contribution in [0.4, 0.5) is 11.5 Å². The van der Waals surface area contributed by atoms with Crippen LogP contribution in [0.3, 0.4) is 0 Å². The molecule has 0 aromatic carbocycles. The first kappa shape index (κ1) is 11.9. The maximum absolute atomic E-state index is 10.6. The second kappa shape index (κ2) is 5.64. The number of rotatable bonds is 5. The van der Waals surface area contributed by atoms with Gasteiger partial charge in [-0.1, -0.05) is 0 Å². The summed E-state index contributed by atoms with van der Waals surface area (Å²) in [5.41, 5.74) is -0.0166. The van der Waals surface area contributed by atoms with Crippen LogP contribution in [0.1, 0.15) is 6.92 Å². The van der Waals surface area contributed by atoms with Gasteiger partial charge in [-0.3, -0.25) is 14.9 Å². The van der Waals surface area contributed by atoms with Crippen molar-refractivity contribution in [2.75, 3.05) is 18.4 Å². The van der Waals surface area contributed by atoms with E-state index in [0.717, 1.165) is 0 Å². The Balaban J connectivity index is 2.45. The number of anilines is 1. The van der Waals surface area contributed by atoms with E-state index in [1.807, 2.05) is 0 Å². The van der Waals surface area contributed by atoms with E-state index in [0.29, 0.717) is 18.9 Å². The molecule has 0 aliphatic heterocycles. The van der Waals surface area contributed by atoms with Gasteiger partial charge in [-0.2, -0.15) is 0 Å². The molecule has 0 fully saturated rings. The lowest BCUT2D eigenvalue weighted by Gasteiger charge is -2.05.